The molecule has 0 fully saturated rings. The van der Waals surface area contributed by atoms with Crippen LogP contribution < -0.4 is 9.80 Å². The topological polar surface area (TPSA) is 49.9 Å². The van der Waals surface area contributed by atoms with Gasteiger partial charge in [0.15, 0.2) is 0 Å². The zero-order chi connectivity index (χ0) is 33.4. The molecule has 238 valence electrons. The van der Waals surface area contributed by atoms with Crippen LogP contribution in [0.4, 0.5) is 11.4 Å². The number of rotatable bonds is 5. The summed E-state index contributed by atoms with van der Waals surface area (Å²) < 4.78 is 8.36. The summed E-state index contributed by atoms with van der Waals surface area (Å²) in [5.41, 5.74) is 4.09. The number of ether oxygens (including phenoxy) is 1. The minimum absolute atomic E-state index is 0.173. The number of benzene rings is 6. The van der Waals surface area contributed by atoms with Crippen molar-refractivity contribution in [2.45, 2.75) is 18.2 Å². The van der Waals surface area contributed by atoms with E-state index >= 15 is 4.79 Å². The highest BCUT2D eigenvalue weighted by molar-refractivity contribution is 9.10. The molecule has 2 amide bonds. The smallest absolute Gasteiger partial charge is 0.266 e. The lowest BCUT2D eigenvalue weighted by Crippen LogP contribution is -2.55. The van der Waals surface area contributed by atoms with Crippen molar-refractivity contribution in [3.63, 3.8) is 0 Å². The molecule has 0 radical (unpaired) electrons. The minimum atomic E-state index is -1.35. The van der Waals surface area contributed by atoms with Crippen molar-refractivity contribution in [2.75, 3.05) is 9.80 Å². The van der Waals surface area contributed by atoms with Gasteiger partial charge < -0.3 is 4.74 Å². The molecule has 2 heterocycles. The summed E-state index contributed by atoms with van der Waals surface area (Å²) in [6.45, 7) is 0. The van der Waals surface area contributed by atoms with Crippen molar-refractivity contribution >= 4 is 50.5 Å². The van der Waals surface area contributed by atoms with Gasteiger partial charge >= 0.3 is 0 Å². The molecule has 0 aliphatic carbocycles. The number of carbonyl (C=O) groups is 2. The lowest BCUT2D eigenvalue weighted by atomic mass is 9.86. The average molecular weight is 704 g/mol. The molecule has 2 aliphatic rings. The molecular weight excluding hydrogens is 672 g/mol. The molecule has 49 heavy (non-hydrogen) atoms. The Labute approximate surface area is 293 Å². The third-order valence-corrected chi connectivity index (χ3v) is 9.73. The highest BCUT2D eigenvalue weighted by Gasteiger charge is 2.56. The van der Waals surface area contributed by atoms with Crippen molar-refractivity contribution in [3.05, 3.63) is 202 Å². The fraction of sp³-hybridized carbons (Fsp3) is 0.0698. The number of hydrogen-bond acceptors (Lipinski definition) is 3. The van der Waals surface area contributed by atoms with Crippen molar-refractivity contribution in [2.24, 2.45) is 0 Å². The zero-order valence-corrected chi connectivity index (χ0v) is 28.0. The number of amides is 2. The van der Waals surface area contributed by atoms with E-state index in [0.717, 1.165) is 26.7 Å². The molecule has 2 aliphatic heterocycles. The molecule has 2 atom stereocenters. The van der Waals surface area contributed by atoms with Gasteiger partial charge in [-0.2, -0.15) is 0 Å². The van der Waals surface area contributed by atoms with E-state index in [2.05, 4.69) is 15.9 Å². The van der Waals surface area contributed by atoms with Gasteiger partial charge in [-0.15, -0.1) is 0 Å². The fourth-order valence-electron chi connectivity index (χ4n) is 7.06. The Morgan fingerprint density at radius 2 is 1.22 bits per heavy atom. The van der Waals surface area contributed by atoms with Gasteiger partial charge in [0.1, 0.15) is 5.76 Å². The molecule has 0 spiro atoms. The largest absolute Gasteiger partial charge is 0.462 e. The number of halogens is 1. The SMILES string of the molecule is O=C(c1ccccc1)N1c2ccccc2N2C(=O)C(c3ccccc3)=C(c3ccccc3)OC2(c2ccccc2)CC1c1cccc(Br)c1. The summed E-state index contributed by atoms with van der Waals surface area (Å²) in [5.74, 6) is 0.105. The Hall–Kier alpha value is -5.72. The van der Waals surface area contributed by atoms with Gasteiger partial charge in [-0.3, -0.25) is 19.4 Å². The summed E-state index contributed by atoms with van der Waals surface area (Å²) in [5, 5.41) is 0. The molecule has 5 nitrogen and oxygen atoms in total. The monoisotopic (exact) mass is 702 g/mol. The molecule has 0 saturated carbocycles. The second kappa shape index (κ2) is 12.7. The molecule has 8 rings (SSSR count). The summed E-state index contributed by atoms with van der Waals surface area (Å²) in [6.07, 6.45) is 0.241. The number of anilines is 2. The lowest BCUT2D eigenvalue weighted by Gasteiger charge is -2.48. The van der Waals surface area contributed by atoms with Crippen molar-refractivity contribution in [1.82, 2.24) is 0 Å². The van der Waals surface area contributed by atoms with Gasteiger partial charge in [-0.05, 0) is 47.5 Å². The summed E-state index contributed by atoms with van der Waals surface area (Å²) >= 11 is 3.69. The summed E-state index contributed by atoms with van der Waals surface area (Å²) in [4.78, 5) is 34.0. The highest BCUT2D eigenvalue weighted by atomic mass is 79.9. The van der Waals surface area contributed by atoms with Gasteiger partial charge in [-0.1, -0.05) is 149 Å². The van der Waals surface area contributed by atoms with Crippen LogP contribution in [-0.4, -0.2) is 11.8 Å². The number of para-hydroxylation sites is 2. The van der Waals surface area contributed by atoms with Crippen LogP contribution in [0, 0.1) is 0 Å². The van der Waals surface area contributed by atoms with Crippen molar-refractivity contribution in [1.29, 1.82) is 0 Å². The molecule has 0 N–H and O–H groups in total. The normalized spacial score (nSPS) is 18.6. The van der Waals surface area contributed by atoms with Crippen molar-refractivity contribution in [3.8, 4) is 0 Å². The van der Waals surface area contributed by atoms with Gasteiger partial charge in [0.05, 0.1) is 23.0 Å². The number of nitrogens with zero attached hydrogens (tertiary/aromatic N) is 2. The Morgan fingerprint density at radius 3 is 1.88 bits per heavy atom. The summed E-state index contributed by atoms with van der Waals surface area (Å²) in [6, 6.07) is 53.8. The van der Waals surface area contributed by atoms with Crippen LogP contribution in [0.2, 0.25) is 0 Å². The number of carbonyl (C=O) groups excluding carboxylic acids is 2. The van der Waals surface area contributed by atoms with E-state index in [1.807, 2.05) is 175 Å². The van der Waals surface area contributed by atoms with E-state index in [-0.39, 0.29) is 18.2 Å². The van der Waals surface area contributed by atoms with Crippen LogP contribution >= 0.6 is 15.9 Å². The second-order valence-corrected chi connectivity index (χ2v) is 13.0. The highest BCUT2D eigenvalue weighted by Crippen LogP contribution is 2.56. The maximum Gasteiger partial charge on any atom is 0.266 e. The predicted molar refractivity (Wildman–Crippen MR) is 198 cm³/mol. The summed E-state index contributed by atoms with van der Waals surface area (Å²) in [7, 11) is 0. The van der Waals surface area contributed by atoms with Crippen LogP contribution in [-0.2, 0) is 15.3 Å². The van der Waals surface area contributed by atoms with Crippen LogP contribution in [0.3, 0.4) is 0 Å². The van der Waals surface area contributed by atoms with Crippen molar-refractivity contribution < 1.29 is 14.3 Å². The first-order valence-corrected chi connectivity index (χ1v) is 17.0. The average Bonchev–Trinajstić information content (AvgIpc) is 3.29. The van der Waals surface area contributed by atoms with E-state index in [4.69, 9.17) is 4.74 Å². The van der Waals surface area contributed by atoms with E-state index in [0.29, 0.717) is 28.3 Å². The number of hydrogen-bond donors (Lipinski definition) is 0. The van der Waals surface area contributed by atoms with E-state index in [1.165, 1.54) is 0 Å². The molecule has 6 aromatic carbocycles. The second-order valence-electron chi connectivity index (χ2n) is 12.1. The van der Waals surface area contributed by atoms with Gasteiger partial charge in [-0.25, -0.2) is 0 Å². The minimum Gasteiger partial charge on any atom is -0.462 e. The maximum absolute atomic E-state index is 15.6. The first-order chi connectivity index (χ1) is 24.0. The maximum atomic E-state index is 15.6. The van der Waals surface area contributed by atoms with Crippen LogP contribution in [0.1, 0.15) is 45.1 Å². The third-order valence-electron chi connectivity index (χ3n) is 9.24. The molecule has 0 bridgehead atoms. The Balaban J connectivity index is 1.47. The Bertz CT molecular complexity index is 2190. The molecule has 0 aromatic heterocycles. The molecule has 0 saturated heterocycles. The molecule has 2 unspecified atom stereocenters. The quantitative estimate of drug-likeness (QED) is 0.180. The fourth-order valence-corrected chi connectivity index (χ4v) is 7.48. The Morgan fingerprint density at radius 1 is 0.653 bits per heavy atom. The molecular formula is C43H31BrN2O3. The van der Waals surface area contributed by atoms with E-state index < -0.39 is 11.8 Å². The Kier molecular flexibility index (Phi) is 7.94. The first kappa shape index (κ1) is 30.6. The van der Waals surface area contributed by atoms with Gasteiger partial charge in [0, 0.05) is 27.6 Å². The van der Waals surface area contributed by atoms with Gasteiger partial charge in [0.2, 0.25) is 5.72 Å². The van der Waals surface area contributed by atoms with Crippen LogP contribution in [0.25, 0.3) is 11.3 Å². The zero-order valence-electron chi connectivity index (χ0n) is 26.4. The third kappa shape index (κ3) is 5.35. The van der Waals surface area contributed by atoms with Crippen LogP contribution in [0.5, 0.6) is 0 Å². The van der Waals surface area contributed by atoms with E-state index in [9.17, 15) is 4.79 Å². The van der Waals surface area contributed by atoms with E-state index in [1.54, 1.807) is 4.90 Å². The predicted octanol–water partition coefficient (Wildman–Crippen LogP) is 10.0. The first-order valence-electron chi connectivity index (χ1n) is 16.2. The lowest BCUT2D eigenvalue weighted by molar-refractivity contribution is -0.120. The molecule has 6 heteroatoms. The standard InChI is InChI=1S/C43H31BrN2O3/c44-35-25-15-22-33(28-35)38-29-43(34-23-11-4-12-24-34)46(37-27-14-13-26-36(37)45(38)41(47)32-20-9-3-10-21-32)42(48)39(30-16-5-1-6-17-30)40(49-43)31-18-7-2-8-19-31/h1-28,38H,29H2. The number of fused-ring (bicyclic) bond motifs is 3. The van der Waals surface area contributed by atoms with Gasteiger partial charge in [0.25, 0.3) is 11.8 Å². The molecule has 6 aromatic rings. The van der Waals surface area contributed by atoms with Crippen LogP contribution in [0.15, 0.2) is 174 Å².